The Morgan fingerprint density at radius 2 is 0.544 bits per heavy atom. The number of hydrogen-bond donors (Lipinski definition) is 0. The molecule has 4 aliphatic rings. The van der Waals surface area contributed by atoms with Gasteiger partial charge in [0.05, 0.1) is 81.3 Å². The zero-order valence-corrected chi connectivity index (χ0v) is 43.1. The van der Waals surface area contributed by atoms with Crippen molar-refractivity contribution >= 4 is 34.8 Å². The number of methoxy groups -OCH3 is 4. The van der Waals surface area contributed by atoms with Crippen LogP contribution >= 0.6 is 34.8 Å². The molecule has 4 aromatic carbocycles. The van der Waals surface area contributed by atoms with E-state index in [1.807, 2.05) is 12.1 Å². The highest BCUT2D eigenvalue weighted by Gasteiger charge is 2.34. The molecular weight excluding hydrogens is 935 g/mol. The van der Waals surface area contributed by atoms with Crippen molar-refractivity contribution in [1.82, 2.24) is 0 Å². The van der Waals surface area contributed by atoms with Crippen LogP contribution in [0, 0.1) is 0 Å². The van der Waals surface area contributed by atoms with Crippen molar-refractivity contribution in [2.45, 2.75) is 81.3 Å². The largest absolute Gasteiger partial charge is 0.496 e. The van der Waals surface area contributed by atoms with Crippen LogP contribution in [0.1, 0.15) is 122 Å². The van der Waals surface area contributed by atoms with E-state index in [-0.39, 0.29) is 23.7 Å². The molecule has 374 valence electrons. The molecule has 0 unspecified atom stereocenters. The Bertz CT molecular complexity index is 2050. The minimum absolute atomic E-state index is 0.154. The molecule has 0 aromatic heterocycles. The van der Waals surface area contributed by atoms with Crippen LogP contribution in [-0.2, 0) is 18.9 Å². The van der Waals surface area contributed by atoms with Crippen LogP contribution < -0.4 is 37.9 Å². The van der Waals surface area contributed by atoms with Gasteiger partial charge in [0.1, 0.15) is 72.4 Å². The van der Waals surface area contributed by atoms with Crippen LogP contribution in [0.3, 0.4) is 0 Å². The second-order valence-corrected chi connectivity index (χ2v) is 18.4. The van der Waals surface area contributed by atoms with Crippen molar-refractivity contribution in [3.8, 4) is 46.0 Å². The van der Waals surface area contributed by atoms with Crippen molar-refractivity contribution in [1.29, 1.82) is 0 Å². The smallest absolute Gasteiger partial charge is 0.180 e. The van der Waals surface area contributed by atoms with Gasteiger partial charge in [-0.15, -0.1) is 0 Å². The molecule has 4 aromatic rings. The summed E-state index contributed by atoms with van der Waals surface area (Å²) in [7, 11) is 6.90. The van der Waals surface area contributed by atoms with Gasteiger partial charge in [-0.1, -0.05) is 62.5 Å². The first kappa shape index (κ1) is 53.3. The van der Waals surface area contributed by atoms with Crippen molar-refractivity contribution < 1.29 is 56.8 Å². The Morgan fingerprint density at radius 1 is 0.353 bits per heavy atom. The van der Waals surface area contributed by atoms with Crippen LogP contribution in [0.4, 0.5) is 0 Å². The maximum absolute atomic E-state index is 6.70. The first-order chi connectivity index (χ1) is 33.2. The summed E-state index contributed by atoms with van der Waals surface area (Å²) in [6, 6.07) is 17.3. The van der Waals surface area contributed by atoms with Gasteiger partial charge in [-0.05, 0) is 49.9 Å². The van der Waals surface area contributed by atoms with Gasteiger partial charge in [0.15, 0.2) is 4.30 Å². The molecule has 10 bridgehead atoms. The van der Waals surface area contributed by atoms with Crippen molar-refractivity contribution in [3.05, 3.63) is 93.0 Å². The summed E-state index contributed by atoms with van der Waals surface area (Å²) in [5, 5.41) is 0. The van der Waals surface area contributed by atoms with Crippen molar-refractivity contribution in [2.75, 3.05) is 108 Å². The number of fused-ring (bicyclic) bond motifs is 12. The topological polar surface area (TPSA) is 111 Å². The molecule has 4 atom stereocenters. The highest BCUT2D eigenvalue weighted by molar-refractivity contribution is 6.63. The average molecular weight is 1000 g/mol. The molecule has 0 saturated carbocycles. The average Bonchev–Trinajstić information content (AvgIpc) is 3.34. The van der Waals surface area contributed by atoms with Gasteiger partial charge in [0.25, 0.3) is 0 Å². The minimum atomic E-state index is -0.750. The summed E-state index contributed by atoms with van der Waals surface area (Å²) >= 11 is 14.4. The van der Waals surface area contributed by atoms with E-state index in [4.69, 9.17) is 91.6 Å². The zero-order chi connectivity index (χ0) is 48.6. The van der Waals surface area contributed by atoms with Crippen LogP contribution in [0.25, 0.3) is 0 Å². The number of ether oxygens (including phenoxy) is 12. The molecule has 1 aliphatic carbocycles. The summed E-state index contributed by atoms with van der Waals surface area (Å²) in [4.78, 5) is 0. The third-order valence-corrected chi connectivity index (χ3v) is 12.8. The summed E-state index contributed by atoms with van der Waals surface area (Å²) < 4.78 is 75.1. The third kappa shape index (κ3) is 12.8. The lowest BCUT2D eigenvalue weighted by atomic mass is 9.77. The van der Waals surface area contributed by atoms with Gasteiger partial charge in [-0.25, -0.2) is 0 Å². The monoisotopic (exact) mass is 1000 g/mol. The fraction of sp³-hybridized carbons (Fsp3) is 0.547. The van der Waals surface area contributed by atoms with Gasteiger partial charge in [-0.3, -0.25) is 0 Å². The predicted octanol–water partition coefficient (Wildman–Crippen LogP) is 11.8. The molecule has 0 N–H and O–H groups in total. The first-order valence-corrected chi connectivity index (χ1v) is 25.1. The number of benzene rings is 4. The molecule has 68 heavy (non-hydrogen) atoms. The SMILES string of the molecule is CC[C@@H]1c2cc3c(cc2OC)OCCOCCOCCOc2cc(OC)c(cc21)[C@@H](CC)c1cc2c(OC)cc1OCCOCCOCCOc1cc(OC)c(cc1[C@@H]2CC)[C@H]3CC.ClC(Cl)Cl. The Hall–Kier alpha value is -4.01. The molecule has 0 fully saturated rings. The first-order valence-electron chi connectivity index (χ1n) is 23.8. The minimum Gasteiger partial charge on any atom is -0.496 e. The summed E-state index contributed by atoms with van der Waals surface area (Å²) in [5.74, 6) is 5.16. The number of alkyl halides is 3. The molecule has 3 heterocycles. The molecule has 15 heteroatoms. The van der Waals surface area contributed by atoms with Crippen molar-refractivity contribution in [3.63, 3.8) is 0 Å². The highest BCUT2D eigenvalue weighted by atomic mass is 35.6. The Labute approximate surface area is 417 Å². The summed E-state index contributed by atoms with van der Waals surface area (Å²) in [5.41, 5.74) is 8.17. The maximum Gasteiger partial charge on any atom is 0.180 e. The molecular formula is C53H69Cl3O12. The molecule has 3 aliphatic heterocycles. The van der Waals surface area contributed by atoms with Gasteiger partial charge >= 0.3 is 0 Å². The second kappa shape index (κ2) is 26.8. The van der Waals surface area contributed by atoms with E-state index in [0.717, 1.165) is 116 Å². The van der Waals surface area contributed by atoms with Crippen LogP contribution in [0.2, 0.25) is 0 Å². The highest BCUT2D eigenvalue weighted by Crippen LogP contribution is 2.52. The lowest BCUT2D eigenvalue weighted by Gasteiger charge is -2.31. The van der Waals surface area contributed by atoms with Crippen LogP contribution in [-0.4, -0.2) is 112 Å². The number of hydrogen-bond acceptors (Lipinski definition) is 12. The fourth-order valence-electron chi connectivity index (χ4n) is 9.68. The van der Waals surface area contributed by atoms with E-state index in [1.54, 1.807) is 28.4 Å². The van der Waals surface area contributed by atoms with E-state index < -0.39 is 4.30 Å². The number of rotatable bonds is 8. The van der Waals surface area contributed by atoms with Crippen LogP contribution in [0.5, 0.6) is 46.0 Å². The lowest BCUT2D eigenvalue weighted by molar-refractivity contribution is 0.0271. The predicted molar refractivity (Wildman–Crippen MR) is 267 cm³/mol. The van der Waals surface area contributed by atoms with Gasteiger partial charge in [-0.2, -0.15) is 0 Å². The van der Waals surface area contributed by atoms with E-state index in [1.165, 1.54) is 0 Å². The molecule has 8 rings (SSSR count). The fourth-order valence-corrected chi connectivity index (χ4v) is 9.68. The van der Waals surface area contributed by atoms with Gasteiger partial charge in [0, 0.05) is 92.4 Å². The van der Waals surface area contributed by atoms with E-state index in [2.05, 4.69) is 64.1 Å². The van der Waals surface area contributed by atoms with Gasteiger partial charge < -0.3 is 56.8 Å². The Morgan fingerprint density at radius 3 is 0.721 bits per heavy atom. The summed E-state index contributed by atoms with van der Waals surface area (Å²) in [6.45, 7) is 13.6. The quantitative estimate of drug-likeness (QED) is 0.124. The summed E-state index contributed by atoms with van der Waals surface area (Å²) in [6.07, 6.45) is 2.99. The molecule has 0 saturated heterocycles. The van der Waals surface area contributed by atoms with E-state index in [0.29, 0.717) is 79.3 Å². The lowest BCUT2D eigenvalue weighted by Crippen LogP contribution is -2.16. The molecule has 0 amide bonds. The zero-order valence-electron chi connectivity index (χ0n) is 40.9. The Balaban J connectivity index is 0.00000183. The van der Waals surface area contributed by atoms with E-state index in [9.17, 15) is 0 Å². The standard InChI is InChI=1S/C52H68O12.CHCl3/c1-9-33-37-25-43-36(12-4)40-28-42-34(10-2)38-26-44(52(30-46(38)54-6)64-24-20-60-16-14-58-18-22-62-50(42)32-48(40)56-8)35(11-3)39-27-41(33)49(31-47(39)55-7)61-21-17-57-13-15-59-19-23-63-51(43)29-45(37)53-5;2-1(3)4/h25-36H,9-24H2,1-8H3;1H/t33-,34-,35-,36-;/m1./s1. The van der Waals surface area contributed by atoms with Crippen molar-refractivity contribution in [2.24, 2.45) is 0 Å². The molecule has 12 nitrogen and oxygen atoms in total. The molecule has 0 radical (unpaired) electrons. The Kier molecular flexibility index (Phi) is 21.0. The normalized spacial score (nSPS) is 20.2. The molecule has 0 spiro atoms. The maximum atomic E-state index is 6.70. The van der Waals surface area contributed by atoms with Gasteiger partial charge in [0.2, 0.25) is 0 Å². The van der Waals surface area contributed by atoms with Crippen LogP contribution in [0.15, 0.2) is 48.5 Å². The number of halogens is 3. The second-order valence-electron chi connectivity index (χ2n) is 16.5. The van der Waals surface area contributed by atoms with E-state index >= 15 is 0 Å². The third-order valence-electron chi connectivity index (χ3n) is 12.8.